The molecule has 0 spiro atoms. The van der Waals surface area contributed by atoms with Gasteiger partial charge in [-0.3, -0.25) is 4.79 Å². The molecule has 1 amide bonds. The monoisotopic (exact) mass is 411 g/mol. The second kappa shape index (κ2) is 7.40. The highest BCUT2D eigenvalue weighted by Gasteiger charge is 2.27. The summed E-state index contributed by atoms with van der Waals surface area (Å²) in [5.41, 5.74) is 3.70. The van der Waals surface area contributed by atoms with Gasteiger partial charge in [-0.25, -0.2) is 18.7 Å². The first-order chi connectivity index (χ1) is 14.2. The number of halogens is 1. The van der Waals surface area contributed by atoms with E-state index in [2.05, 4.69) is 20.3 Å². The average Bonchev–Trinajstić information content (AvgIpc) is 3.23. The Kier molecular flexibility index (Phi) is 4.89. The number of fused-ring (bicyclic) bond motifs is 1. The fourth-order valence-electron chi connectivity index (χ4n) is 4.01. The molecule has 0 saturated carbocycles. The first-order valence-electron chi connectivity index (χ1n) is 9.67. The number of amides is 1. The van der Waals surface area contributed by atoms with Crippen LogP contribution in [0.15, 0.2) is 24.3 Å². The summed E-state index contributed by atoms with van der Waals surface area (Å²) in [5.74, 6) is -2.17. The molecular weight excluding hydrogens is 389 g/mol. The Morgan fingerprint density at radius 2 is 2.03 bits per heavy atom. The molecule has 4 rings (SSSR count). The molecule has 1 atom stereocenters. The number of imidazole rings is 1. The normalized spacial score (nSPS) is 16.3. The lowest BCUT2D eigenvalue weighted by molar-refractivity contribution is -0.119. The summed E-state index contributed by atoms with van der Waals surface area (Å²) in [6.45, 7) is 6.64. The van der Waals surface area contributed by atoms with Gasteiger partial charge in [0.05, 0.1) is 28.3 Å². The third-order valence-electron chi connectivity index (χ3n) is 5.27. The third kappa shape index (κ3) is 3.47. The number of carboxylic acid groups (broad SMARTS) is 1. The second-order valence-electron chi connectivity index (χ2n) is 7.58. The first-order valence-corrected chi connectivity index (χ1v) is 9.67. The highest BCUT2D eigenvalue weighted by atomic mass is 19.1. The molecule has 2 N–H and O–H groups in total. The molecule has 1 aliphatic rings. The number of aryl methyl sites for hydroxylation is 2. The van der Waals surface area contributed by atoms with E-state index in [1.54, 1.807) is 10.6 Å². The minimum absolute atomic E-state index is 0.0521. The lowest BCUT2D eigenvalue weighted by Gasteiger charge is -2.20. The van der Waals surface area contributed by atoms with Crippen LogP contribution in [0.4, 0.5) is 10.1 Å². The van der Waals surface area contributed by atoms with Crippen LogP contribution in [0.2, 0.25) is 0 Å². The zero-order valence-corrected chi connectivity index (χ0v) is 16.9. The average molecular weight is 411 g/mol. The van der Waals surface area contributed by atoms with E-state index in [4.69, 9.17) is 5.11 Å². The number of nitrogens with one attached hydrogen (secondary N) is 1. The Morgan fingerprint density at radius 3 is 2.70 bits per heavy atom. The summed E-state index contributed by atoms with van der Waals surface area (Å²) in [7, 11) is 0. The van der Waals surface area contributed by atoms with Crippen LogP contribution in [0.25, 0.3) is 16.9 Å². The van der Waals surface area contributed by atoms with Crippen molar-refractivity contribution in [3.8, 4) is 11.3 Å². The number of anilines is 1. The molecule has 2 aromatic heterocycles. The number of carbonyl (C=O) groups is 2. The number of hydrogen-bond donors (Lipinski definition) is 2. The molecule has 30 heavy (non-hydrogen) atoms. The zero-order chi connectivity index (χ0) is 21.6. The van der Waals surface area contributed by atoms with Gasteiger partial charge < -0.3 is 15.3 Å². The smallest absolute Gasteiger partial charge is 0.338 e. The second-order valence-corrected chi connectivity index (χ2v) is 7.58. The summed E-state index contributed by atoms with van der Waals surface area (Å²) in [4.78, 5) is 29.4. The summed E-state index contributed by atoms with van der Waals surface area (Å²) in [5, 5.41) is 16.6. The number of aromatic nitrogens is 3. The van der Waals surface area contributed by atoms with Gasteiger partial charge >= 0.3 is 5.97 Å². The molecule has 0 bridgehead atoms. The minimum Gasteiger partial charge on any atom is -0.478 e. The van der Waals surface area contributed by atoms with Gasteiger partial charge in [0.1, 0.15) is 5.82 Å². The van der Waals surface area contributed by atoms with Gasteiger partial charge in [-0.05, 0) is 38.5 Å². The lowest BCUT2D eigenvalue weighted by atomic mass is 10.1. The van der Waals surface area contributed by atoms with E-state index < -0.39 is 11.8 Å². The number of rotatable bonds is 4. The molecule has 0 radical (unpaired) electrons. The molecule has 1 aliphatic heterocycles. The number of aromatic carboxylic acids is 1. The molecule has 156 valence electrons. The number of benzene rings is 1. The fourth-order valence-corrected chi connectivity index (χ4v) is 4.01. The maximum atomic E-state index is 14.3. The predicted molar refractivity (Wildman–Crippen MR) is 109 cm³/mol. The molecule has 1 aromatic carbocycles. The van der Waals surface area contributed by atoms with E-state index >= 15 is 0 Å². The molecular formula is C21H22FN5O3. The number of carboxylic acids is 1. The maximum Gasteiger partial charge on any atom is 0.338 e. The van der Waals surface area contributed by atoms with Crippen LogP contribution in [-0.2, 0) is 4.79 Å². The Balaban J connectivity index is 1.79. The van der Waals surface area contributed by atoms with Gasteiger partial charge in [-0.15, -0.1) is 0 Å². The largest absolute Gasteiger partial charge is 0.478 e. The summed E-state index contributed by atoms with van der Waals surface area (Å²) in [6, 6.07) is 6.04. The quantitative estimate of drug-likeness (QED) is 0.685. The summed E-state index contributed by atoms with van der Waals surface area (Å²) < 4.78 is 16.0. The van der Waals surface area contributed by atoms with Crippen LogP contribution in [0.5, 0.6) is 0 Å². The highest BCUT2D eigenvalue weighted by molar-refractivity contribution is 5.89. The van der Waals surface area contributed by atoms with Crippen LogP contribution in [0.1, 0.15) is 35.1 Å². The Labute approximate surface area is 172 Å². The zero-order valence-electron chi connectivity index (χ0n) is 16.9. The standard InChI is InChI=1S/C21H22FN5O3/c1-11-8-18(26-7-6-15(10-26)24-13(3)28)20-23-12(2)19(27(20)25-11)14-4-5-16(21(29)30)17(22)9-14/h4-5,8-9,15H,6-7,10H2,1-3H3,(H,24,28)(H,29,30). The Hall–Kier alpha value is -3.49. The lowest BCUT2D eigenvalue weighted by Crippen LogP contribution is -2.35. The topological polar surface area (TPSA) is 99.8 Å². The minimum atomic E-state index is -1.31. The summed E-state index contributed by atoms with van der Waals surface area (Å²) >= 11 is 0. The maximum absolute atomic E-state index is 14.3. The van der Waals surface area contributed by atoms with Gasteiger partial charge in [0.2, 0.25) is 5.91 Å². The molecule has 8 nitrogen and oxygen atoms in total. The van der Waals surface area contributed by atoms with Crippen LogP contribution < -0.4 is 10.2 Å². The number of nitrogens with zero attached hydrogens (tertiary/aromatic N) is 4. The molecule has 1 unspecified atom stereocenters. The molecule has 1 fully saturated rings. The van der Waals surface area contributed by atoms with Crippen molar-refractivity contribution in [1.82, 2.24) is 19.9 Å². The van der Waals surface area contributed by atoms with E-state index in [0.29, 0.717) is 29.1 Å². The van der Waals surface area contributed by atoms with Crippen molar-refractivity contribution in [1.29, 1.82) is 0 Å². The van der Waals surface area contributed by atoms with E-state index in [9.17, 15) is 14.0 Å². The Bertz CT molecular complexity index is 1170. The van der Waals surface area contributed by atoms with Crippen molar-refractivity contribution < 1.29 is 19.1 Å². The van der Waals surface area contributed by atoms with Gasteiger partial charge in [0.15, 0.2) is 5.65 Å². The van der Waals surface area contributed by atoms with E-state index in [0.717, 1.165) is 24.3 Å². The van der Waals surface area contributed by atoms with Gasteiger partial charge in [-0.2, -0.15) is 5.10 Å². The highest BCUT2D eigenvalue weighted by Crippen LogP contribution is 2.32. The van der Waals surface area contributed by atoms with Crippen molar-refractivity contribution in [2.75, 3.05) is 18.0 Å². The van der Waals surface area contributed by atoms with Crippen LogP contribution >= 0.6 is 0 Å². The van der Waals surface area contributed by atoms with Crippen molar-refractivity contribution in [2.24, 2.45) is 0 Å². The molecule has 1 saturated heterocycles. The molecule has 9 heteroatoms. The van der Waals surface area contributed by atoms with Crippen molar-refractivity contribution in [3.05, 3.63) is 47.0 Å². The fraction of sp³-hybridized carbons (Fsp3) is 0.333. The first kappa shape index (κ1) is 19.8. The van der Waals surface area contributed by atoms with Crippen LogP contribution in [-0.4, -0.2) is 50.7 Å². The van der Waals surface area contributed by atoms with Crippen molar-refractivity contribution in [3.63, 3.8) is 0 Å². The van der Waals surface area contributed by atoms with Gasteiger partial charge in [0, 0.05) is 31.6 Å². The third-order valence-corrected chi connectivity index (χ3v) is 5.27. The Morgan fingerprint density at radius 1 is 1.27 bits per heavy atom. The van der Waals surface area contributed by atoms with Gasteiger partial charge in [-0.1, -0.05) is 6.07 Å². The van der Waals surface area contributed by atoms with Crippen LogP contribution in [0.3, 0.4) is 0 Å². The number of carbonyl (C=O) groups excluding carboxylic acids is 1. The van der Waals surface area contributed by atoms with E-state index in [1.807, 2.05) is 19.9 Å². The van der Waals surface area contributed by atoms with Crippen molar-refractivity contribution in [2.45, 2.75) is 33.2 Å². The van der Waals surface area contributed by atoms with Crippen molar-refractivity contribution >= 4 is 23.2 Å². The van der Waals surface area contributed by atoms with E-state index in [1.165, 1.54) is 19.1 Å². The van der Waals surface area contributed by atoms with Gasteiger partial charge in [0.25, 0.3) is 0 Å². The van der Waals surface area contributed by atoms with E-state index in [-0.39, 0.29) is 17.5 Å². The molecule has 0 aliphatic carbocycles. The molecule has 3 aromatic rings. The molecule has 3 heterocycles. The number of hydrogen-bond acceptors (Lipinski definition) is 5. The summed E-state index contributed by atoms with van der Waals surface area (Å²) in [6.07, 6.45) is 0.835. The van der Waals surface area contributed by atoms with Crippen LogP contribution in [0, 0.1) is 19.7 Å². The SMILES string of the molecule is CC(=O)NC1CCN(c2cc(C)nn3c(-c4ccc(C(=O)O)c(F)c4)c(C)nc23)C1. The predicted octanol–water partition coefficient (Wildman–Crippen LogP) is 2.57.